The second kappa shape index (κ2) is 2.18. The molecule has 1 aliphatic rings. The highest BCUT2D eigenvalue weighted by Crippen LogP contribution is 1.95. The van der Waals surface area contributed by atoms with Crippen molar-refractivity contribution in [1.29, 1.82) is 0 Å². The topological polar surface area (TPSA) is 58.0 Å². The van der Waals surface area contributed by atoms with E-state index in [1.54, 1.807) is 7.05 Å². The third-order valence-electron chi connectivity index (χ3n) is 1.20. The van der Waals surface area contributed by atoms with Crippen molar-refractivity contribution in [3.8, 4) is 0 Å². The molecule has 1 aliphatic heterocycles. The Morgan fingerprint density at radius 1 is 1.78 bits per heavy atom. The number of nitrogens with one attached hydrogen (secondary N) is 2. The summed E-state index contributed by atoms with van der Waals surface area (Å²) in [4.78, 5) is 8.98. The summed E-state index contributed by atoms with van der Waals surface area (Å²) in [5.74, 6) is 0. The number of quaternary nitrogens is 2. The second-order valence-electron chi connectivity index (χ2n) is 1.95. The van der Waals surface area contributed by atoms with E-state index in [1.807, 2.05) is 6.92 Å². The summed E-state index contributed by atoms with van der Waals surface area (Å²) in [6.07, 6.45) is 0. The normalized spacial score (nSPS) is 43.7. The van der Waals surface area contributed by atoms with Crippen molar-refractivity contribution < 1.29 is 20.0 Å². The Hall–Kier alpha value is -0.240. The lowest BCUT2D eigenvalue weighted by atomic mass is 10.7. The van der Waals surface area contributed by atoms with Crippen LogP contribution in [0.25, 0.3) is 0 Å². The van der Waals surface area contributed by atoms with Gasteiger partial charge in [0, 0.05) is 5.39 Å². The Balaban J connectivity index is 2.45. The molecule has 1 fully saturated rings. The van der Waals surface area contributed by atoms with Crippen LogP contribution in [0.2, 0.25) is 0 Å². The molecule has 2 atom stereocenters. The lowest BCUT2D eigenvalue weighted by molar-refractivity contribution is -1.33. The van der Waals surface area contributed by atoms with Gasteiger partial charge in [-0.25, -0.2) is 0 Å². The molecule has 0 bridgehead atoms. The molecule has 0 amide bonds. The molecule has 0 radical (unpaired) electrons. The number of hydrogen-bond acceptors (Lipinski definition) is 4. The van der Waals surface area contributed by atoms with E-state index >= 15 is 0 Å². The van der Waals surface area contributed by atoms with Crippen molar-refractivity contribution in [3.63, 3.8) is 0 Å². The number of nitrogens with zero attached hydrogens (tertiary/aromatic N) is 1. The van der Waals surface area contributed by atoms with Crippen LogP contribution in [0.15, 0.2) is 0 Å². The first-order valence-corrected chi connectivity index (χ1v) is 2.69. The van der Waals surface area contributed by atoms with Gasteiger partial charge < -0.3 is 5.21 Å². The van der Waals surface area contributed by atoms with E-state index in [-0.39, 0.29) is 4.76 Å². The van der Waals surface area contributed by atoms with Crippen LogP contribution in [0.5, 0.6) is 0 Å². The monoisotopic (exact) mass is 136 g/mol. The second-order valence-corrected chi connectivity index (χ2v) is 1.95. The van der Waals surface area contributed by atoms with Gasteiger partial charge >= 0.3 is 0 Å². The maximum atomic E-state index is 10.3. The van der Waals surface area contributed by atoms with E-state index < -0.39 is 5.39 Å². The van der Waals surface area contributed by atoms with Crippen LogP contribution in [0.4, 0.5) is 0 Å². The van der Waals surface area contributed by atoms with Crippen molar-refractivity contribution >= 4 is 0 Å². The molecule has 54 valence electrons. The molecule has 9 heavy (non-hydrogen) atoms. The van der Waals surface area contributed by atoms with Gasteiger partial charge in [-0.05, 0) is 16.6 Å². The van der Waals surface area contributed by atoms with Gasteiger partial charge in [0.05, 0.1) is 10.5 Å². The van der Waals surface area contributed by atoms with Gasteiger partial charge in [-0.1, -0.05) is 0 Å². The van der Waals surface area contributed by atoms with Crippen LogP contribution in [0.3, 0.4) is 0 Å². The molecule has 6 heteroatoms. The largest absolute Gasteiger partial charge is 0.560 e. The molecule has 0 aromatic heterocycles. The molecule has 0 aromatic rings. The number of rotatable bonds is 1. The Morgan fingerprint density at radius 3 is 2.67 bits per heavy atom. The lowest BCUT2D eigenvalue weighted by Crippen LogP contribution is -3.03. The fourth-order valence-electron chi connectivity index (χ4n) is 0.465. The Bertz CT molecular complexity index is 110. The first kappa shape index (κ1) is 6.87. The van der Waals surface area contributed by atoms with Crippen molar-refractivity contribution in [2.45, 2.75) is 6.92 Å². The molecule has 0 saturated carbocycles. The van der Waals surface area contributed by atoms with Gasteiger partial charge in [-0.3, -0.25) is 0 Å². The third-order valence-corrected chi connectivity index (χ3v) is 1.20. The van der Waals surface area contributed by atoms with Gasteiger partial charge in [0.25, 0.3) is 0 Å². The zero-order valence-electron chi connectivity index (χ0n) is 5.38. The van der Waals surface area contributed by atoms with E-state index in [9.17, 15) is 5.21 Å². The summed E-state index contributed by atoms with van der Waals surface area (Å²) in [5, 5.41) is 9.61. The summed E-state index contributed by atoms with van der Waals surface area (Å²) in [7, 11) is 1.69. The molecular weight excluding hydrogens is 126 g/mol. The SMILES string of the molecule is CC[N+]1(C)NO[NH+]([O-])O1. The Morgan fingerprint density at radius 2 is 2.44 bits per heavy atom. The fraction of sp³-hybridized carbons (Fsp3) is 1.00. The minimum absolute atomic E-state index is 0.0150. The predicted molar refractivity (Wildman–Crippen MR) is 26.4 cm³/mol. The van der Waals surface area contributed by atoms with Crippen molar-refractivity contribution in [1.82, 2.24) is 5.59 Å². The highest BCUT2D eigenvalue weighted by atomic mass is 17.3. The lowest BCUT2D eigenvalue weighted by Gasteiger charge is -2.13. The highest BCUT2D eigenvalue weighted by molar-refractivity contribution is 4.01. The summed E-state index contributed by atoms with van der Waals surface area (Å²) in [6.45, 7) is 2.50. The minimum atomic E-state index is -0.681. The molecule has 1 heterocycles. The summed E-state index contributed by atoms with van der Waals surface area (Å²) in [6, 6.07) is 0. The quantitative estimate of drug-likeness (QED) is 0.325. The first-order chi connectivity index (χ1) is 4.16. The Labute approximate surface area is 52.5 Å². The Kier molecular flexibility index (Phi) is 1.66. The first-order valence-electron chi connectivity index (χ1n) is 2.69. The molecule has 2 unspecified atom stereocenters. The zero-order chi connectivity index (χ0) is 6.91. The van der Waals surface area contributed by atoms with Crippen LogP contribution in [0.1, 0.15) is 6.92 Å². The fourth-order valence-corrected chi connectivity index (χ4v) is 0.465. The molecule has 0 spiro atoms. The van der Waals surface area contributed by atoms with Gasteiger partial charge in [0.1, 0.15) is 13.6 Å². The maximum absolute atomic E-state index is 10.3. The van der Waals surface area contributed by atoms with Crippen LogP contribution in [0, 0.1) is 5.21 Å². The zero-order valence-corrected chi connectivity index (χ0v) is 5.38. The highest BCUT2D eigenvalue weighted by Gasteiger charge is 2.36. The summed E-state index contributed by atoms with van der Waals surface area (Å²) in [5.41, 5.74) is 2.40. The van der Waals surface area contributed by atoms with Crippen molar-refractivity contribution in [2.24, 2.45) is 0 Å². The molecule has 0 aliphatic carbocycles. The standard InChI is InChI=1S/C3H10N3O3/c1-3-6(2)4-8-5(7)9-6/h4-5H,3H2,1-2H3/q+1. The van der Waals surface area contributed by atoms with Gasteiger partial charge in [0.2, 0.25) is 0 Å². The van der Waals surface area contributed by atoms with E-state index in [1.165, 1.54) is 0 Å². The summed E-state index contributed by atoms with van der Waals surface area (Å²) >= 11 is 0. The molecule has 1 rings (SSSR count). The smallest absolute Gasteiger partial charge is 0.134 e. The minimum Gasteiger partial charge on any atom is -0.560 e. The van der Waals surface area contributed by atoms with Gasteiger partial charge in [0.15, 0.2) is 0 Å². The van der Waals surface area contributed by atoms with Crippen molar-refractivity contribution in [2.75, 3.05) is 13.6 Å². The van der Waals surface area contributed by atoms with E-state index in [4.69, 9.17) is 0 Å². The maximum Gasteiger partial charge on any atom is 0.134 e. The van der Waals surface area contributed by atoms with E-state index in [2.05, 4.69) is 15.5 Å². The third kappa shape index (κ3) is 1.36. The molecule has 2 N–H and O–H groups in total. The van der Waals surface area contributed by atoms with E-state index in [0.717, 1.165) is 0 Å². The summed E-state index contributed by atoms with van der Waals surface area (Å²) < 4.78 is -0.0150. The average Bonchev–Trinajstić information content (AvgIpc) is 2.13. The van der Waals surface area contributed by atoms with Crippen molar-refractivity contribution in [3.05, 3.63) is 5.21 Å². The van der Waals surface area contributed by atoms with Crippen LogP contribution in [-0.4, -0.2) is 18.3 Å². The predicted octanol–water partition coefficient (Wildman–Crippen LogP) is -1.95. The molecule has 1 saturated heterocycles. The van der Waals surface area contributed by atoms with Gasteiger partial charge in [-0.2, -0.15) is 0 Å². The molecule has 6 nitrogen and oxygen atoms in total. The molecular formula is C3H10N3O3+. The molecule has 0 aromatic carbocycles. The van der Waals surface area contributed by atoms with Crippen LogP contribution >= 0.6 is 0 Å². The number of hydrogen-bond donors (Lipinski definition) is 2. The van der Waals surface area contributed by atoms with Gasteiger partial charge in [-0.15, -0.1) is 0 Å². The van der Waals surface area contributed by atoms with Crippen LogP contribution in [-0.2, 0) is 9.88 Å². The number of hydroxylamine groups is 2. The van der Waals surface area contributed by atoms with Crippen LogP contribution < -0.4 is 11.0 Å². The average molecular weight is 136 g/mol. The van der Waals surface area contributed by atoms with E-state index in [0.29, 0.717) is 6.54 Å².